The van der Waals surface area contributed by atoms with Crippen LogP contribution in [-0.2, 0) is 14.1 Å². The summed E-state index contributed by atoms with van der Waals surface area (Å²) in [5, 5.41) is 0. The third kappa shape index (κ3) is 3.98. The van der Waals surface area contributed by atoms with Crippen LogP contribution in [0.1, 0.15) is 18.1 Å². The van der Waals surface area contributed by atoms with Crippen molar-refractivity contribution in [1.29, 1.82) is 0 Å². The first-order chi connectivity index (χ1) is 11.4. The molecule has 0 radical (unpaired) electrons. The van der Waals surface area contributed by atoms with E-state index in [1.807, 2.05) is 38.1 Å². The molecule has 2 rings (SSSR count). The van der Waals surface area contributed by atoms with E-state index in [1.54, 1.807) is 24.3 Å². The highest BCUT2D eigenvalue weighted by Crippen LogP contribution is 2.54. The van der Waals surface area contributed by atoms with Crippen LogP contribution in [0.2, 0.25) is 0 Å². The third-order valence-corrected chi connectivity index (χ3v) is 5.72. The van der Waals surface area contributed by atoms with E-state index in [4.69, 9.17) is 13.8 Å². The standard InChI is InChI=1S/C18H21O5P/c1-13-9-5-7-11-16(13)22-24(20,15(3)18(19)21-4)23-17-12-8-6-10-14(17)2/h5-12,15H,1-4H3. The number of benzene rings is 2. The number of para-hydroxylation sites is 2. The summed E-state index contributed by atoms with van der Waals surface area (Å²) in [4.78, 5) is 12.0. The zero-order valence-electron chi connectivity index (χ0n) is 14.2. The molecule has 1 unspecified atom stereocenters. The molecule has 128 valence electrons. The van der Waals surface area contributed by atoms with E-state index >= 15 is 0 Å². The average molecular weight is 348 g/mol. The minimum Gasteiger partial charge on any atom is -0.468 e. The van der Waals surface area contributed by atoms with Gasteiger partial charge in [-0.1, -0.05) is 36.4 Å². The number of aryl methyl sites for hydroxylation is 2. The average Bonchev–Trinajstić information content (AvgIpc) is 2.57. The Hall–Kier alpha value is -2.26. The summed E-state index contributed by atoms with van der Waals surface area (Å²) >= 11 is 0. The monoisotopic (exact) mass is 348 g/mol. The fourth-order valence-electron chi connectivity index (χ4n) is 2.07. The van der Waals surface area contributed by atoms with Gasteiger partial charge in [0.15, 0.2) is 5.66 Å². The van der Waals surface area contributed by atoms with Crippen LogP contribution in [0.5, 0.6) is 11.5 Å². The minimum atomic E-state index is -3.86. The van der Waals surface area contributed by atoms with Crippen molar-refractivity contribution in [3.8, 4) is 11.5 Å². The van der Waals surface area contributed by atoms with Crippen molar-refractivity contribution in [3.63, 3.8) is 0 Å². The predicted molar refractivity (Wildman–Crippen MR) is 92.7 cm³/mol. The summed E-state index contributed by atoms with van der Waals surface area (Å²) in [6.07, 6.45) is 0. The Balaban J connectivity index is 2.42. The zero-order chi connectivity index (χ0) is 17.7. The van der Waals surface area contributed by atoms with E-state index in [0.717, 1.165) is 11.1 Å². The van der Waals surface area contributed by atoms with Gasteiger partial charge in [-0.25, -0.2) is 4.57 Å². The molecular formula is C18H21O5P. The molecule has 2 aromatic rings. The van der Waals surface area contributed by atoms with Crippen LogP contribution >= 0.6 is 7.60 Å². The number of carbonyl (C=O) groups excluding carboxylic acids is 1. The number of hydrogen-bond donors (Lipinski definition) is 0. The fourth-order valence-corrected chi connectivity index (χ4v) is 3.74. The number of ether oxygens (including phenoxy) is 1. The van der Waals surface area contributed by atoms with Gasteiger partial charge in [-0.2, -0.15) is 0 Å². The Kier molecular flexibility index (Phi) is 5.68. The molecule has 6 heteroatoms. The van der Waals surface area contributed by atoms with Crippen LogP contribution in [0.3, 0.4) is 0 Å². The Morgan fingerprint density at radius 3 is 1.71 bits per heavy atom. The summed E-state index contributed by atoms with van der Waals surface area (Å²) in [6, 6.07) is 14.3. The molecule has 1 atom stereocenters. The molecule has 0 bridgehead atoms. The normalized spacial score (nSPS) is 12.3. The quantitative estimate of drug-likeness (QED) is 0.567. The van der Waals surface area contributed by atoms with Gasteiger partial charge in [-0.15, -0.1) is 0 Å². The first kappa shape index (κ1) is 18.1. The molecule has 0 saturated heterocycles. The van der Waals surface area contributed by atoms with Crippen molar-refractivity contribution in [1.82, 2.24) is 0 Å². The second-order valence-corrected chi connectivity index (χ2v) is 7.67. The van der Waals surface area contributed by atoms with E-state index in [0.29, 0.717) is 11.5 Å². The van der Waals surface area contributed by atoms with Crippen LogP contribution in [0.15, 0.2) is 48.5 Å². The highest BCUT2D eigenvalue weighted by atomic mass is 31.2. The molecule has 0 aliphatic rings. The molecule has 0 aromatic heterocycles. The first-order valence-corrected chi connectivity index (χ1v) is 9.16. The third-order valence-electron chi connectivity index (χ3n) is 3.66. The van der Waals surface area contributed by atoms with E-state index < -0.39 is 19.2 Å². The number of hydrogen-bond acceptors (Lipinski definition) is 5. The molecule has 0 N–H and O–H groups in total. The molecule has 24 heavy (non-hydrogen) atoms. The van der Waals surface area contributed by atoms with Crippen molar-refractivity contribution in [3.05, 3.63) is 59.7 Å². The van der Waals surface area contributed by atoms with Gasteiger partial charge in [0.25, 0.3) is 0 Å². The van der Waals surface area contributed by atoms with Crippen molar-refractivity contribution in [2.24, 2.45) is 0 Å². The highest BCUT2D eigenvalue weighted by Gasteiger charge is 2.42. The topological polar surface area (TPSA) is 61.8 Å². The van der Waals surface area contributed by atoms with Gasteiger partial charge in [-0.05, 0) is 44.0 Å². The van der Waals surface area contributed by atoms with Gasteiger partial charge in [0.05, 0.1) is 7.11 Å². The molecule has 0 saturated carbocycles. The molecule has 0 heterocycles. The summed E-state index contributed by atoms with van der Waals surface area (Å²) in [5.41, 5.74) is 0.521. The molecular weight excluding hydrogens is 327 g/mol. The summed E-state index contributed by atoms with van der Waals surface area (Å²) in [7, 11) is -2.61. The Labute approximate surface area is 142 Å². The molecule has 2 aromatic carbocycles. The summed E-state index contributed by atoms with van der Waals surface area (Å²) in [5.74, 6) is 0.163. The lowest BCUT2D eigenvalue weighted by atomic mass is 10.2. The van der Waals surface area contributed by atoms with Gasteiger partial charge in [0.1, 0.15) is 11.5 Å². The Morgan fingerprint density at radius 2 is 1.33 bits per heavy atom. The lowest BCUT2D eigenvalue weighted by Gasteiger charge is -2.25. The number of esters is 1. The summed E-state index contributed by atoms with van der Waals surface area (Å²) < 4.78 is 29.6. The SMILES string of the molecule is COC(=O)C(C)P(=O)(Oc1ccccc1C)Oc1ccccc1C. The van der Waals surface area contributed by atoms with Crippen molar-refractivity contribution in [2.45, 2.75) is 26.4 Å². The second kappa shape index (κ2) is 7.54. The second-order valence-electron chi connectivity index (χ2n) is 5.45. The van der Waals surface area contributed by atoms with Crippen LogP contribution in [0.4, 0.5) is 0 Å². The molecule has 0 spiro atoms. The number of carbonyl (C=O) groups is 1. The Morgan fingerprint density at radius 1 is 0.917 bits per heavy atom. The van der Waals surface area contributed by atoms with Gasteiger partial charge in [0.2, 0.25) is 0 Å². The molecule has 0 amide bonds. The smallest absolute Gasteiger partial charge is 0.444 e. The largest absolute Gasteiger partial charge is 0.468 e. The first-order valence-electron chi connectivity index (χ1n) is 7.55. The van der Waals surface area contributed by atoms with Gasteiger partial charge < -0.3 is 13.8 Å². The van der Waals surface area contributed by atoms with E-state index in [2.05, 4.69) is 0 Å². The number of rotatable bonds is 6. The fraction of sp³-hybridized carbons (Fsp3) is 0.278. The van der Waals surface area contributed by atoms with Gasteiger partial charge in [-0.3, -0.25) is 4.79 Å². The Bertz CT molecular complexity index is 720. The van der Waals surface area contributed by atoms with Crippen LogP contribution < -0.4 is 9.05 Å². The predicted octanol–water partition coefficient (Wildman–Crippen LogP) is 4.52. The molecule has 5 nitrogen and oxygen atoms in total. The van der Waals surface area contributed by atoms with Gasteiger partial charge in [0, 0.05) is 0 Å². The van der Waals surface area contributed by atoms with Crippen LogP contribution in [0, 0.1) is 13.8 Å². The molecule has 0 aliphatic carbocycles. The molecule has 0 fully saturated rings. The van der Waals surface area contributed by atoms with E-state index in [-0.39, 0.29) is 0 Å². The lowest BCUT2D eigenvalue weighted by Crippen LogP contribution is -2.24. The maximum atomic E-state index is 13.4. The van der Waals surface area contributed by atoms with Crippen molar-refractivity contribution in [2.75, 3.05) is 7.11 Å². The van der Waals surface area contributed by atoms with Crippen LogP contribution in [0.25, 0.3) is 0 Å². The van der Waals surface area contributed by atoms with Crippen molar-refractivity contribution >= 4 is 13.6 Å². The number of methoxy groups -OCH3 is 1. The van der Waals surface area contributed by atoms with Gasteiger partial charge >= 0.3 is 13.6 Å². The maximum Gasteiger partial charge on any atom is 0.444 e. The summed E-state index contributed by atoms with van der Waals surface area (Å²) in [6.45, 7) is 5.13. The zero-order valence-corrected chi connectivity index (χ0v) is 15.1. The van der Waals surface area contributed by atoms with Crippen LogP contribution in [-0.4, -0.2) is 18.7 Å². The highest BCUT2D eigenvalue weighted by molar-refractivity contribution is 7.56. The minimum absolute atomic E-state index is 0.408. The van der Waals surface area contributed by atoms with E-state index in [9.17, 15) is 9.36 Å². The maximum absolute atomic E-state index is 13.4. The molecule has 0 aliphatic heterocycles. The lowest BCUT2D eigenvalue weighted by molar-refractivity contribution is -0.140. The van der Waals surface area contributed by atoms with Crippen molar-refractivity contribution < 1.29 is 23.1 Å². The van der Waals surface area contributed by atoms with E-state index in [1.165, 1.54) is 14.0 Å².